The Balaban J connectivity index is 2.16. The number of nitrogens with zero attached hydrogens (tertiary/aromatic N) is 2. The van der Waals surface area contributed by atoms with E-state index in [2.05, 4.69) is 4.98 Å². The van der Waals surface area contributed by atoms with Gasteiger partial charge < -0.3 is 0 Å². The Morgan fingerprint density at radius 2 is 1.76 bits per heavy atom. The van der Waals surface area contributed by atoms with Crippen molar-refractivity contribution in [1.82, 2.24) is 9.55 Å². The molecule has 0 atom stereocenters. The molecule has 0 aliphatic carbocycles. The summed E-state index contributed by atoms with van der Waals surface area (Å²) in [5.74, 6) is 0.0753. The molecule has 0 fully saturated rings. The van der Waals surface area contributed by atoms with Crippen LogP contribution in [0.25, 0.3) is 16.7 Å². The van der Waals surface area contributed by atoms with Crippen molar-refractivity contribution in [3.63, 3.8) is 0 Å². The third-order valence-electron chi connectivity index (χ3n) is 3.28. The van der Waals surface area contributed by atoms with Crippen molar-refractivity contribution in [1.29, 1.82) is 0 Å². The Bertz CT molecular complexity index is 935. The number of alkyl halides is 6. The molecule has 0 spiro atoms. The topological polar surface area (TPSA) is 17.8 Å². The highest BCUT2D eigenvalue weighted by Gasteiger charge is 2.32. The van der Waals surface area contributed by atoms with Crippen molar-refractivity contribution in [2.24, 2.45) is 0 Å². The van der Waals surface area contributed by atoms with E-state index in [1.807, 2.05) is 0 Å². The number of hydrogen-bond acceptors (Lipinski definition) is 2. The van der Waals surface area contributed by atoms with Crippen molar-refractivity contribution >= 4 is 57.5 Å². The minimum absolute atomic E-state index is 0.0753. The Morgan fingerprint density at radius 3 is 2.36 bits per heavy atom. The Hall–Kier alpha value is -1.15. The van der Waals surface area contributed by atoms with Crippen LogP contribution in [0.3, 0.4) is 0 Å². The molecule has 25 heavy (non-hydrogen) atoms. The van der Waals surface area contributed by atoms with Gasteiger partial charge in [-0.15, -0.1) is 0 Å². The molecule has 0 aliphatic heterocycles. The molecular weight excluding hydrogens is 423 g/mol. The quantitative estimate of drug-likeness (QED) is 0.257. The summed E-state index contributed by atoms with van der Waals surface area (Å²) in [4.78, 5) is 4.21. The van der Waals surface area contributed by atoms with E-state index in [0.717, 1.165) is 6.07 Å². The second-order valence-electron chi connectivity index (χ2n) is 4.96. The summed E-state index contributed by atoms with van der Waals surface area (Å²) in [7, 11) is 0. The van der Waals surface area contributed by atoms with Gasteiger partial charge in [-0.05, 0) is 12.1 Å². The molecule has 3 rings (SSSR count). The van der Waals surface area contributed by atoms with Gasteiger partial charge >= 0.3 is 10.1 Å². The average Bonchev–Trinajstić information content (AvgIpc) is 2.83. The molecule has 0 saturated heterocycles. The predicted octanol–water partition coefficient (Wildman–Crippen LogP) is 6.85. The molecule has 2 heterocycles. The zero-order chi connectivity index (χ0) is 18.4. The van der Waals surface area contributed by atoms with Crippen molar-refractivity contribution in [3.8, 4) is 5.82 Å². The van der Waals surface area contributed by atoms with Crippen molar-refractivity contribution in [3.05, 3.63) is 53.3 Å². The molecule has 1 aromatic carbocycles. The van der Waals surface area contributed by atoms with Gasteiger partial charge in [0, 0.05) is 22.7 Å². The third-order valence-corrected chi connectivity index (χ3v) is 4.80. The maximum atomic E-state index is 13.6. The van der Waals surface area contributed by atoms with Crippen molar-refractivity contribution in [2.45, 2.75) is 15.0 Å². The van der Waals surface area contributed by atoms with Crippen molar-refractivity contribution in [2.75, 3.05) is 0 Å². The minimum atomic E-state index is -4.56. The van der Waals surface area contributed by atoms with Crippen LogP contribution >= 0.6 is 46.6 Å². The first-order chi connectivity index (χ1) is 11.6. The van der Waals surface area contributed by atoms with Crippen LogP contribution in [-0.4, -0.2) is 13.5 Å². The first kappa shape index (κ1) is 18.6. The Kier molecular flexibility index (Phi) is 4.87. The lowest BCUT2D eigenvalue weighted by atomic mass is 10.2. The molecule has 0 unspecified atom stereocenters. The maximum Gasteiger partial charge on any atom is 0.417 e. The summed E-state index contributed by atoms with van der Waals surface area (Å²) >= 11 is 17.4. The molecular formula is C15H7Cl3F4N2S. The van der Waals surface area contributed by atoms with Gasteiger partial charge in [0.25, 0.3) is 0 Å². The Labute approximate surface area is 158 Å². The normalized spacial score (nSPS) is 12.8. The monoisotopic (exact) mass is 428 g/mol. The number of thioether (sulfide) groups is 1. The van der Waals surface area contributed by atoms with Gasteiger partial charge in [0.15, 0.2) is 5.82 Å². The van der Waals surface area contributed by atoms with Gasteiger partial charge in [-0.3, -0.25) is 4.57 Å². The summed E-state index contributed by atoms with van der Waals surface area (Å²) in [6, 6.07) is 7.62. The highest BCUT2D eigenvalue weighted by Crippen LogP contribution is 2.45. The van der Waals surface area contributed by atoms with Crippen LogP contribution in [0.1, 0.15) is 5.56 Å². The van der Waals surface area contributed by atoms with E-state index in [9.17, 15) is 17.6 Å². The van der Waals surface area contributed by atoms with E-state index in [1.54, 1.807) is 24.3 Å². The number of aromatic nitrogens is 2. The third kappa shape index (κ3) is 4.00. The largest absolute Gasteiger partial charge is 0.417 e. The number of fused-ring (bicyclic) bond motifs is 1. The van der Waals surface area contributed by atoms with Gasteiger partial charge in [0.1, 0.15) is 0 Å². The van der Waals surface area contributed by atoms with E-state index in [-0.39, 0.29) is 10.8 Å². The molecule has 132 valence electrons. The zero-order valence-corrected chi connectivity index (χ0v) is 15.1. The lowest BCUT2D eigenvalue weighted by molar-refractivity contribution is -0.137. The van der Waals surface area contributed by atoms with E-state index in [0.29, 0.717) is 33.8 Å². The summed E-state index contributed by atoms with van der Waals surface area (Å²) in [5, 5.41) is 0.406. The number of hydrogen-bond donors (Lipinski definition) is 0. The van der Waals surface area contributed by atoms with Crippen LogP contribution in [0.5, 0.6) is 0 Å². The molecule has 3 aromatic rings. The fourth-order valence-electron chi connectivity index (χ4n) is 2.29. The lowest BCUT2D eigenvalue weighted by Gasteiger charge is -2.10. The van der Waals surface area contributed by atoms with Crippen LogP contribution in [0.4, 0.5) is 17.6 Å². The number of para-hydroxylation sites is 1. The van der Waals surface area contributed by atoms with E-state index < -0.39 is 15.7 Å². The highest BCUT2D eigenvalue weighted by atomic mass is 35.5. The van der Waals surface area contributed by atoms with Gasteiger partial charge in [0.2, 0.25) is 0 Å². The second kappa shape index (κ2) is 6.54. The number of rotatable bonds is 3. The molecule has 10 heteroatoms. The number of benzene rings is 1. The second-order valence-corrected chi connectivity index (χ2v) is 8.25. The fourth-order valence-corrected chi connectivity index (χ4v) is 3.74. The molecule has 2 aromatic heterocycles. The molecule has 0 amide bonds. The molecule has 0 radical (unpaired) electrons. The summed E-state index contributed by atoms with van der Waals surface area (Å²) < 4.78 is 50.8. The van der Waals surface area contributed by atoms with Crippen LogP contribution in [0.2, 0.25) is 5.02 Å². The van der Waals surface area contributed by atoms with Gasteiger partial charge in [-0.1, -0.05) is 64.8 Å². The summed E-state index contributed by atoms with van der Waals surface area (Å²) in [6.07, 6.45) is -2.40. The maximum absolute atomic E-state index is 13.6. The van der Waals surface area contributed by atoms with Crippen LogP contribution < -0.4 is 0 Å². The van der Waals surface area contributed by atoms with Crippen LogP contribution in [0, 0.1) is 0 Å². The molecule has 0 saturated carbocycles. The SMILES string of the molecule is FC(Cl)(Cl)Sc1cn(-c2ncc(C(F)(F)F)cc2Cl)c2ccccc12. The smallest absolute Gasteiger partial charge is 0.299 e. The first-order valence-corrected chi connectivity index (χ1v) is 8.60. The standard InChI is InChI=1S/C15H7Cl3F4N2S/c16-10-5-8(14(19,20)21)6-23-13(10)24-7-12(25-15(17,18)22)9-3-1-2-4-11(9)24/h1-7H. The van der Waals surface area contributed by atoms with Crippen molar-refractivity contribution < 1.29 is 17.6 Å². The molecule has 0 aliphatic rings. The number of halogens is 7. The number of pyridine rings is 1. The molecule has 2 nitrogen and oxygen atoms in total. The van der Waals surface area contributed by atoms with Gasteiger partial charge in [-0.2, -0.15) is 17.6 Å². The van der Waals surface area contributed by atoms with E-state index in [4.69, 9.17) is 34.8 Å². The summed E-state index contributed by atoms with van der Waals surface area (Å²) in [5.41, 5.74) is -0.395. The summed E-state index contributed by atoms with van der Waals surface area (Å²) in [6.45, 7) is 0. The minimum Gasteiger partial charge on any atom is -0.299 e. The van der Waals surface area contributed by atoms with E-state index >= 15 is 0 Å². The highest BCUT2D eigenvalue weighted by molar-refractivity contribution is 8.03. The molecule has 0 bridgehead atoms. The average molecular weight is 430 g/mol. The fraction of sp³-hybridized carbons (Fsp3) is 0.133. The first-order valence-electron chi connectivity index (χ1n) is 6.65. The molecule has 0 N–H and O–H groups in total. The lowest BCUT2D eigenvalue weighted by Crippen LogP contribution is -2.07. The Morgan fingerprint density at radius 1 is 1.08 bits per heavy atom. The van der Waals surface area contributed by atoms with Gasteiger partial charge in [0.05, 0.1) is 16.1 Å². The zero-order valence-electron chi connectivity index (χ0n) is 12.0. The van der Waals surface area contributed by atoms with Crippen LogP contribution in [-0.2, 0) is 6.18 Å². The predicted molar refractivity (Wildman–Crippen MR) is 92.5 cm³/mol. The van der Waals surface area contributed by atoms with E-state index in [1.165, 1.54) is 10.8 Å². The van der Waals surface area contributed by atoms with Gasteiger partial charge in [-0.25, -0.2) is 4.98 Å². The van der Waals surface area contributed by atoms with Crippen LogP contribution in [0.15, 0.2) is 47.6 Å².